The van der Waals surface area contributed by atoms with Gasteiger partial charge in [0, 0.05) is 13.1 Å². The molecule has 1 amide bonds. The third kappa shape index (κ3) is 3.00. The van der Waals surface area contributed by atoms with Crippen LogP contribution in [-0.4, -0.2) is 44.8 Å². The van der Waals surface area contributed by atoms with Gasteiger partial charge < -0.3 is 10.0 Å². The molecule has 0 aliphatic carbocycles. The highest BCUT2D eigenvalue weighted by atomic mass is 16.4. The van der Waals surface area contributed by atoms with Gasteiger partial charge in [0.05, 0.1) is 17.7 Å². The Balaban J connectivity index is 2.25. The third-order valence-corrected chi connectivity index (χ3v) is 4.58. The van der Waals surface area contributed by atoms with Gasteiger partial charge in [-0.2, -0.15) is 5.10 Å². The zero-order valence-corrected chi connectivity index (χ0v) is 13.7. The van der Waals surface area contributed by atoms with Crippen LogP contribution in [0, 0.1) is 18.8 Å². The van der Waals surface area contributed by atoms with E-state index in [9.17, 15) is 14.7 Å². The Kier molecular flexibility index (Phi) is 4.88. The lowest BCUT2D eigenvalue weighted by Gasteiger charge is -2.20. The maximum atomic E-state index is 12.8. The molecule has 6 nitrogen and oxygen atoms in total. The van der Waals surface area contributed by atoms with Crippen LogP contribution in [0.3, 0.4) is 0 Å². The van der Waals surface area contributed by atoms with Crippen LogP contribution < -0.4 is 0 Å². The molecule has 0 unspecified atom stereocenters. The molecule has 6 heteroatoms. The van der Waals surface area contributed by atoms with Crippen LogP contribution in [0.25, 0.3) is 0 Å². The number of aryl methyl sites for hydroxylation is 1. The summed E-state index contributed by atoms with van der Waals surface area (Å²) in [5, 5.41) is 13.7. The van der Waals surface area contributed by atoms with E-state index in [0.29, 0.717) is 12.2 Å². The van der Waals surface area contributed by atoms with Crippen molar-refractivity contribution in [3.8, 4) is 0 Å². The first-order valence-corrected chi connectivity index (χ1v) is 7.97. The first-order valence-electron chi connectivity index (χ1n) is 7.97. The van der Waals surface area contributed by atoms with Crippen LogP contribution in [0.2, 0.25) is 0 Å². The number of rotatable bonds is 5. The lowest BCUT2D eigenvalue weighted by molar-refractivity contribution is -0.142. The van der Waals surface area contributed by atoms with E-state index < -0.39 is 11.9 Å². The number of likely N-dealkylation sites (tertiary alicyclic amines) is 1. The van der Waals surface area contributed by atoms with Crippen LogP contribution in [0.5, 0.6) is 0 Å². The van der Waals surface area contributed by atoms with Crippen LogP contribution in [0.4, 0.5) is 0 Å². The van der Waals surface area contributed by atoms with E-state index in [4.69, 9.17) is 0 Å². The standard InChI is InChI=1S/C16H25N3O3/c1-5-12(6-2)19-14(7-11(4)17-19)15(20)18-8-10(3)13(9-18)16(21)22/h7,10,12-13H,5-6,8-9H2,1-4H3,(H,21,22)/t10-,13-/m1/s1. The van der Waals surface area contributed by atoms with E-state index in [1.165, 1.54) is 0 Å². The Bertz CT molecular complexity index is 563. The minimum atomic E-state index is -0.826. The van der Waals surface area contributed by atoms with Gasteiger partial charge in [-0.1, -0.05) is 20.8 Å². The molecule has 1 aliphatic rings. The van der Waals surface area contributed by atoms with Crippen molar-refractivity contribution in [2.24, 2.45) is 11.8 Å². The number of amides is 1. The number of aliphatic carboxylic acids is 1. The predicted octanol–water partition coefficient (Wildman–Crippen LogP) is 2.35. The molecule has 1 aliphatic heterocycles. The highest BCUT2D eigenvalue weighted by Crippen LogP contribution is 2.26. The summed E-state index contributed by atoms with van der Waals surface area (Å²) in [6.07, 6.45) is 1.82. The number of carboxylic acids is 1. The lowest BCUT2D eigenvalue weighted by atomic mass is 9.99. The molecule has 22 heavy (non-hydrogen) atoms. The maximum absolute atomic E-state index is 12.8. The molecule has 1 aromatic rings. The predicted molar refractivity (Wildman–Crippen MR) is 82.8 cm³/mol. The molecule has 1 saturated heterocycles. The van der Waals surface area contributed by atoms with E-state index in [1.54, 1.807) is 11.0 Å². The van der Waals surface area contributed by atoms with Gasteiger partial charge in [0.1, 0.15) is 5.69 Å². The largest absolute Gasteiger partial charge is 0.481 e. The molecule has 1 fully saturated rings. The quantitative estimate of drug-likeness (QED) is 0.906. The number of carbonyl (C=O) groups excluding carboxylic acids is 1. The molecule has 0 bridgehead atoms. The minimum Gasteiger partial charge on any atom is -0.481 e. The zero-order chi connectivity index (χ0) is 16.4. The third-order valence-electron chi connectivity index (χ3n) is 4.58. The van der Waals surface area contributed by atoms with E-state index in [1.807, 2.05) is 18.5 Å². The fourth-order valence-electron chi connectivity index (χ4n) is 3.21. The summed E-state index contributed by atoms with van der Waals surface area (Å²) in [7, 11) is 0. The van der Waals surface area contributed by atoms with Crippen LogP contribution >= 0.6 is 0 Å². The maximum Gasteiger partial charge on any atom is 0.308 e. The second kappa shape index (κ2) is 6.50. The van der Waals surface area contributed by atoms with Gasteiger partial charge in [-0.3, -0.25) is 14.3 Å². The average molecular weight is 307 g/mol. The van der Waals surface area contributed by atoms with E-state index in [0.717, 1.165) is 18.5 Å². The van der Waals surface area contributed by atoms with Gasteiger partial charge in [-0.25, -0.2) is 0 Å². The van der Waals surface area contributed by atoms with Crippen LogP contribution in [0.1, 0.15) is 55.8 Å². The molecule has 122 valence electrons. The normalized spacial score (nSPS) is 21.6. The number of carbonyl (C=O) groups is 2. The molecular weight excluding hydrogens is 282 g/mol. The van der Waals surface area contributed by atoms with Crippen molar-refractivity contribution in [3.63, 3.8) is 0 Å². The van der Waals surface area contributed by atoms with Gasteiger partial charge >= 0.3 is 5.97 Å². The van der Waals surface area contributed by atoms with Crippen molar-refractivity contribution in [2.45, 2.75) is 46.6 Å². The first-order chi connectivity index (χ1) is 10.4. The summed E-state index contributed by atoms with van der Waals surface area (Å²) in [4.78, 5) is 25.7. The Labute approximate surface area is 131 Å². The van der Waals surface area contributed by atoms with Gasteiger partial charge in [0.15, 0.2) is 0 Å². The smallest absolute Gasteiger partial charge is 0.308 e. The Hall–Kier alpha value is -1.85. The fourth-order valence-corrected chi connectivity index (χ4v) is 3.21. The van der Waals surface area contributed by atoms with Gasteiger partial charge in [-0.15, -0.1) is 0 Å². The molecule has 2 heterocycles. The average Bonchev–Trinajstić information content (AvgIpc) is 3.03. The van der Waals surface area contributed by atoms with Crippen molar-refractivity contribution >= 4 is 11.9 Å². The summed E-state index contributed by atoms with van der Waals surface area (Å²) in [6.45, 7) is 8.69. The molecule has 0 saturated carbocycles. The molecule has 2 rings (SSSR count). The minimum absolute atomic E-state index is 0.0212. The van der Waals surface area contributed by atoms with E-state index in [2.05, 4.69) is 18.9 Å². The summed E-state index contributed by atoms with van der Waals surface area (Å²) < 4.78 is 1.82. The molecule has 0 aromatic carbocycles. The topological polar surface area (TPSA) is 75.4 Å². The lowest BCUT2D eigenvalue weighted by Crippen LogP contribution is -2.32. The van der Waals surface area contributed by atoms with Crippen LogP contribution in [-0.2, 0) is 4.79 Å². The summed E-state index contributed by atoms with van der Waals surface area (Å²) in [5.41, 5.74) is 1.39. The summed E-state index contributed by atoms with van der Waals surface area (Å²) in [6, 6.07) is 2.00. The molecular formula is C16H25N3O3. The SMILES string of the molecule is CCC(CC)n1nc(C)cc1C(=O)N1C[C@@H](C)[C@H](C(=O)O)C1. The van der Waals surface area contributed by atoms with Crippen molar-refractivity contribution in [1.82, 2.24) is 14.7 Å². The molecule has 1 aromatic heterocycles. The monoisotopic (exact) mass is 307 g/mol. The number of hydrogen-bond acceptors (Lipinski definition) is 3. The molecule has 1 N–H and O–H groups in total. The van der Waals surface area contributed by atoms with Gasteiger partial charge in [0.2, 0.25) is 0 Å². The molecule has 2 atom stereocenters. The number of carboxylic acid groups (broad SMARTS) is 1. The molecule has 0 spiro atoms. The van der Waals surface area contributed by atoms with Crippen molar-refractivity contribution in [3.05, 3.63) is 17.5 Å². The highest BCUT2D eigenvalue weighted by Gasteiger charge is 2.38. The summed E-state index contributed by atoms with van der Waals surface area (Å²) in [5.74, 6) is -1.43. The van der Waals surface area contributed by atoms with E-state index in [-0.39, 0.29) is 24.4 Å². The van der Waals surface area contributed by atoms with Gasteiger partial charge in [-0.05, 0) is 31.7 Å². The fraction of sp³-hybridized carbons (Fsp3) is 0.688. The second-order valence-corrected chi connectivity index (χ2v) is 6.22. The Morgan fingerprint density at radius 3 is 2.50 bits per heavy atom. The second-order valence-electron chi connectivity index (χ2n) is 6.22. The van der Waals surface area contributed by atoms with Crippen molar-refractivity contribution < 1.29 is 14.7 Å². The Morgan fingerprint density at radius 2 is 2.00 bits per heavy atom. The van der Waals surface area contributed by atoms with Crippen molar-refractivity contribution in [1.29, 1.82) is 0 Å². The van der Waals surface area contributed by atoms with Crippen LogP contribution in [0.15, 0.2) is 6.07 Å². The highest BCUT2D eigenvalue weighted by molar-refractivity contribution is 5.93. The molecule has 0 radical (unpaired) electrons. The number of aromatic nitrogens is 2. The van der Waals surface area contributed by atoms with Gasteiger partial charge in [0.25, 0.3) is 5.91 Å². The Morgan fingerprint density at radius 1 is 1.36 bits per heavy atom. The number of nitrogens with zero attached hydrogens (tertiary/aromatic N) is 3. The number of hydrogen-bond donors (Lipinski definition) is 1. The van der Waals surface area contributed by atoms with Crippen molar-refractivity contribution in [2.75, 3.05) is 13.1 Å². The zero-order valence-electron chi connectivity index (χ0n) is 13.7. The first kappa shape index (κ1) is 16.5. The summed E-state index contributed by atoms with van der Waals surface area (Å²) >= 11 is 0. The van der Waals surface area contributed by atoms with E-state index >= 15 is 0 Å².